The second kappa shape index (κ2) is 7.04. The molecule has 0 aliphatic carbocycles. The minimum absolute atomic E-state index is 0.0144. The van der Waals surface area contributed by atoms with Crippen molar-refractivity contribution in [2.75, 3.05) is 20.3 Å². The number of fused-ring (bicyclic) bond motifs is 3. The summed E-state index contributed by atoms with van der Waals surface area (Å²) < 4.78 is 7.68. The van der Waals surface area contributed by atoms with Crippen LogP contribution in [-0.2, 0) is 4.74 Å². The molecule has 3 atom stereocenters. The molecule has 5 rings (SSSR count). The molecule has 2 bridgehead atoms. The van der Waals surface area contributed by atoms with Crippen LogP contribution in [0.4, 0.5) is 0 Å². The Bertz CT molecular complexity index is 986. The first-order chi connectivity index (χ1) is 13.7. The van der Waals surface area contributed by atoms with Gasteiger partial charge in [0.1, 0.15) is 5.82 Å². The molecule has 2 aliphatic rings. The Labute approximate surface area is 164 Å². The number of carbonyl (C=O) groups excluding carboxylic acids is 1. The third-order valence-corrected chi connectivity index (χ3v) is 6.07. The number of rotatable bonds is 3. The van der Waals surface area contributed by atoms with Gasteiger partial charge in [-0.1, -0.05) is 24.3 Å². The molecule has 1 amide bonds. The van der Waals surface area contributed by atoms with Crippen molar-refractivity contribution >= 4 is 16.8 Å². The van der Waals surface area contributed by atoms with Crippen LogP contribution in [0.15, 0.2) is 54.9 Å². The lowest BCUT2D eigenvalue weighted by Gasteiger charge is -2.46. The Morgan fingerprint density at radius 2 is 1.86 bits per heavy atom. The van der Waals surface area contributed by atoms with Crippen LogP contribution in [0.2, 0.25) is 0 Å². The molecule has 2 aromatic heterocycles. The highest BCUT2D eigenvalue weighted by Gasteiger charge is 2.37. The third-order valence-electron chi connectivity index (χ3n) is 6.07. The van der Waals surface area contributed by atoms with Crippen LogP contribution in [0.3, 0.4) is 0 Å². The van der Waals surface area contributed by atoms with Crippen molar-refractivity contribution in [2.24, 2.45) is 0 Å². The zero-order chi connectivity index (χ0) is 19.1. The topological polar surface area (TPSA) is 59.4 Å². The summed E-state index contributed by atoms with van der Waals surface area (Å²) in [5, 5.41) is 4.23. The Morgan fingerprint density at radius 3 is 2.61 bits per heavy atom. The average molecular weight is 376 g/mol. The number of para-hydroxylation sites is 1. The van der Waals surface area contributed by atoms with Gasteiger partial charge in [-0.2, -0.15) is 0 Å². The molecule has 1 aromatic carbocycles. The van der Waals surface area contributed by atoms with Crippen LogP contribution in [0.5, 0.6) is 0 Å². The molecule has 0 saturated carbocycles. The third kappa shape index (κ3) is 2.99. The van der Waals surface area contributed by atoms with Gasteiger partial charge in [-0.25, -0.2) is 4.98 Å². The Morgan fingerprint density at radius 1 is 1.11 bits per heavy atom. The van der Waals surface area contributed by atoms with Gasteiger partial charge in [-0.15, -0.1) is 0 Å². The molecular weight excluding hydrogens is 352 g/mol. The van der Waals surface area contributed by atoms with Gasteiger partial charge in [0.2, 0.25) is 0 Å². The molecule has 144 valence electrons. The van der Waals surface area contributed by atoms with Crippen molar-refractivity contribution in [3.8, 4) is 5.82 Å². The summed E-state index contributed by atoms with van der Waals surface area (Å²) in [5.41, 5.74) is 1.68. The first-order valence-electron chi connectivity index (χ1n) is 9.83. The molecule has 1 unspecified atom stereocenters. The molecule has 4 heterocycles. The maximum Gasteiger partial charge on any atom is 0.253 e. The molecule has 6 nitrogen and oxygen atoms in total. The summed E-state index contributed by atoms with van der Waals surface area (Å²) in [5.74, 6) is 0.795. The highest BCUT2D eigenvalue weighted by Crippen LogP contribution is 2.28. The number of carbonyl (C=O) groups is 1. The van der Waals surface area contributed by atoms with E-state index in [0.29, 0.717) is 17.6 Å². The molecule has 0 radical (unpaired) electrons. The Balaban J connectivity index is 1.44. The first kappa shape index (κ1) is 17.4. The zero-order valence-electron chi connectivity index (χ0n) is 15.9. The van der Waals surface area contributed by atoms with Crippen LogP contribution >= 0.6 is 0 Å². The van der Waals surface area contributed by atoms with Crippen LogP contribution < -0.4 is 5.32 Å². The second-order valence-electron chi connectivity index (χ2n) is 7.77. The van der Waals surface area contributed by atoms with E-state index in [-0.39, 0.29) is 11.9 Å². The number of likely N-dealkylation sites (N-methyl/N-ethyl adjacent to an activating group) is 1. The second-order valence-corrected chi connectivity index (χ2v) is 7.77. The van der Waals surface area contributed by atoms with Crippen LogP contribution in [-0.4, -0.2) is 58.7 Å². The lowest BCUT2D eigenvalue weighted by molar-refractivity contribution is -0.0670. The van der Waals surface area contributed by atoms with E-state index in [4.69, 9.17) is 4.74 Å². The highest BCUT2D eigenvalue weighted by molar-refractivity contribution is 6.07. The quantitative estimate of drug-likeness (QED) is 0.763. The van der Waals surface area contributed by atoms with Crippen molar-refractivity contribution in [3.63, 3.8) is 0 Å². The van der Waals surface area contributed by atoms with Crippen LogP contribution in [0.25, 0.3) is 16.7 Å². The van der Waals surface area contributed by atoms with Gasteiger partial charge in [0, 0.05) is 35.9 Å². The van der Waals surface area contributed by atoms with Gasteiger partial charge in [-0.05, 0) is 38.1 Å². The van der Waals surface area contributed by atoms with Gasteiger partial charge in [-0.3, -0.25) is 9.69 Å². The smallest absolute Gasteiger partial charge is 0.253 e. The number of piperidine rings is 1. The number of aromatic nitrogens is 2. The highest BCUT2D eigenvalue weighted by atomic mass is 16.5. The number of nitrogens with zero attached hydrogens (tertiary/aromatic N) is 3. The van der Waals surface area contributed by atoms with E-state index in [1.54, 1.807) is 6.20 Å². The Hall–Kier alpha value is -2.70. The monoisotopic (exact) mass is 376 g/mol. The summed E-state index contributed by atoms with van der Waals surface area (Å²) in [6.07, 6.45) is 5.53. The number of hydrogen-bond donors (Lipinski definition) is 1. The Kier molecular flexibility index (Phi) is 4.37. The SMILES string of the molecule is CN1[C@@H]2COC[C@H]1CC(NC(=O)c1cn(-c3ccccn3)c3ccccc13)C2. The fraction of sp³-hybridized carbons (Fsp3) is 0.364. The predicted octanol–water partition coefficient (Wildman–Crippen LogP) is 2.62. The summed E-state index contributed by atoms with van der Waals surface area (Å²) in [6, 6.07) is 14.7. The molecule has 1 N–H and O–H groups in total. The van der Waals surface area contributed by atoms with Gasteiger partial charge >= 0.3 is 0 Å². The molecule has 6 heteroatoms. The van der Waals surface area contributed by atoms with E-state index in [9.17, 15) is 4.79 Å². The van der Waals surface area contributed by atoms with E-state index in [1.165, 1.54) is 0 Å². The number of pyridine rings is 1. The van der Waals surface area contributed by atoms with Crippen molar-refractivity contribution in [2.45, 2.75) is 31.0 Å². The number of amides is 1. The fourth-order valence-corrected chi connectivity index (χ4v) is 4.52. The van der Waals surface area contributed by atoms with Gasteiger partial charge in [0.15, 0.2) is 0 Å². The number of benzene rings is 1. The van der Waals surface area contributed by atoms with Gasteiger partial charge < -0.3 is 14.6 Å². The molecule has 28 heavy (non-hydrogen) atoms. The number of ether oxygens (including phenoxy) is 1. The summed E-state index contributed by atoms with van der Waals surface area (Å²) >= 11 is 0. The molecule has 3 aromatic rings. The summed E-state index contributed by atoms with van der Waals surface area (Å²) in [4.78, 5) is 20.0. The number of nitrogens with one attached hydrogen (secondary N) is 1. The van der Waals surface area contributed by atoms with E-state index in [1.807, 2.05) is 53.2 Å². The van der Waals surface area contributed by atoms with E-state index in [2.05, 4.69) is 22.2 Å². The van der Waals surface area contributed by atoms with Crippen LogP contribution in [0.1, 0.15) is 23.2 Å². The molecule has 2 aliphatic heterocycles. The average Bonchev–Trinajstić information content (AvgIpc) is 3.09. The summed E-state index contributed by atoms with van der Waals surface area (Å²) in [7, 11) is 2.16. The van der Waals surface area contributed by atoms with E-state index >= 15 is 0 Å². The number of hydrogen-bond acceptors (Lipinski definition) is 4. The normalized spacial score (nSPS) is 25.0. The molecule has 2 saturated heterocycles. The van der Waals surface area contributed by atoms with Crippen molar-refractivity contribution in [1.82, 2.24) is 19.8 Å². The first-order valence-corrected chi connectivity index (χ1v) is 9.83. The number of morpholine rings is 1. The standard InChI is InChI=1S/C22H24N4O2/c1-25-16-10-15(11-17(25)14-28-13-16)24-22(27)19-12-26(21-8-4-5-9-23-21)20-7-3-2-6-18(19)20/h2-9,12,15-17H,10-11,13-14H2,1H3,(H,24,27)/t15?,16-,17+. The van der Waals surface area contributed by atoms with Gasteiger partial charge in [0.05, 0.1) is 24.3 Å². The lowest BCUT2D eigenvalue weighted by atomic mass is 9.90. The van der Waals surface area contributed by atoms with Gasteiger partial charge in [0.25, 0.3) is 5.91 Å². The van der Waals surface area contributed by atoms with Crippen molar-refractivity contribution in [1.29, 1.82) is 0 Å². The molecule has 2 fully saturated rings. The zero-order valence-corrected chi connectivity index (χ0v) is 15.9. The lowest BCUT2D eigenvalue weighted by Crippen LogP contribution is -2.59. The molecule has 0 spiro atoms. The van der Waals surface area contributed by atoms with Crippen LogP contribution in [0, 0.1) is 0 Å². The maximum atomic E-state index is 13.2. The maximum absolute atomic E-state index is 13.2. The minimum Gasteiger partial charge on any atom is -0.378 e. The van der Waals surface area contributed by atoms with E-state index in [0.717, 1.165) is 42.8 Å². The predicted molar refractivity (Wildman–Crippen MR) is 108 cm³/mol. The van der Waals surface area contributed by atoms with Crippen molar-refractivity contribution < 1.29 is 9.53 Å². The van der Waals surface area contributed by atoms with E-state index < -0.39 is 0 Å². The summed E-state index contributed by atoms with van der Waals surface area (Å²) in [6.45, 7) is 1.50. The fourth-order valence-electron chi connectivity index (χ4n) is 4.52. The van der Waals surface area contributed by atoms with Crippen molar-refractivity contribution in [3.05, 3.63) is 60.4 Å². The minimum atomic E-state index is -0.0144. The largest absolute Gasteiger partial charge is 0.378 e. The molecular formula is C22H24N4O2.